The van der Waals surface area contributed by atoms with Gasteiger partial charge in [0.05, 0.1) is 32.6 Å². The molecule has 1 spiro atoms. The molecule has 0 saturated carbocycles. The van der Waals surface area contributed by atoms with Gasteiger partial charge in [-0.2, -0.15) is 0 Å². The van der Waals surface area contributed by atoms with Crippen molar-refractivity contribution in [3.8, 4) is 17.2 Å². The van der Waals surface area contributed by atoms with Crippen molar-refractivity contribution in [1.82, 2.24) is 30.0 Å². The van der Waals surface area contributed by atoms with E-state index in [9.17, 15) is 0 Å². The second kappa shape index (κ2) is 12.3. The van der Waals surface area contributed by atoms with Crippen molar-refractivity contribution in [2.75, 3.05) is 0 Å². The van der Waals surface area contributed by atoms with Gasteiger partial charge in [-0.05, 0) is 146 Å². The Morgan fingerprint density at radius 3 is 1.63 bits per heavy atom. The van der Waals surface area contributed by atoms with Gasteiger partial charge in [-0.1, -0.05) is 71.0 Å². The van der Waals surface area contributed by atoms with Crippen LogP contribution in [0.25, 0.3) is 5.69 Å². The summed E-state index contributed by atoms with van der Waals surface area (Å²) in [6.07, 6.45) is 5.89. The molecular weight excluding hydrogens is 768 g/mol. The largest absolute Gasteiger partial charge is 0.486 e. The number of halogens is 2. The fourth-order valence-electron chi connectivity index (χ4n) is 8.13. The summed E-state index contributed by atoms with van der Waals surface area (Å²) in [5, 5.41) is 17.5. The number of fused-ring (bicyclic) bond motifs is 4. The summed E-state index contributed by atoms with van der Waals surface area (Å²) in [7, 11) is 0. The molecule has 2 aliphatic rings. The molecule has 1 atom stereocenters. The molecule has 0 bridgehead atoms. The summed E-state index contributed by atoms with van der Waals surface area (Å²) in [4.78, 5) is 0. The fraction of sp³-hybridized carbons (Fsp3) is 0.463. The van der Waals surface area contributed by atoms with Crippen LogP contribution in [0.1, 0.15) is 121 Å². The van der Waals surface area contributed by atoms with Gasteiger partial charge in [0.25, 0.3) is 0 Å². The van der Waals surface area contributed by atoms with Gasteiger partial charge < -0.3 is 9.47 Å². The molecule has 3 aromatic carbocycles. The number of nitrogens with zero attached hydrogens (tertiary/aromatic N) is 6. The van der Waals surface area contributed by atoms with E-state index < -0.39 is 0 Å². The van der Waals surface area contributed by atoms with Gasteiger partial charge in [-0.25, -0.2) is 9.36 Å². The molecule has 7 rings (SSSR count). The Hall–Kier alpha value is -3.50. The molecule has 5 aromatic rings. The molecule has 51 heavy (non-hydrogen) atoms. The first-order valence-electron chi connectivity index (χ1n) is 17.7. The molecule has 0 aliphatic heterocycles. The van der Waals surface area contributed by atoms with Crippen molar-refractivity contribution in [2.45, 2.75) is 122 Å². The van der Waals surface area contributed by atoms with Gasteiger partial charge in [0, 0.05) is 5.41 Å². The average Bonchev–Trinajstić information content (AvgIpc) is 3.80. The second-order valence-electron chi connectivity index (χ2n) is 17.7. The van der Waals surface area contributed by atoms with Crippen molar-refractivity contribution >= 4 is 31.9 Å². The summed E-state index contributed by atoms with van der Waals surface area (Å²) in [6, 6.07) is 17.6. The molecule has 0 saturated heterocycles. The Bertz CT molecular complexity index is 2110. The zero-order valence-electron chi connectivity index (χ0n) is 31.4. The van der Waals surface area contributed by atoms with Gasteiger partial charge in [0.2, 0.25) is 0 Å². The normalized spacial score (nSPS) is 19.0. The third-order valence-corrected chi connectivity index (χ3v) is 11.9. The van der Waals surface area contributed by atoms with Crippen molar-refractivity contribution in [3.63, 3.8) is 0 Å². The van der Waals surface area contributed by atoms with E-state index >= 15 is 0 Å². The highest BCUT2D eigenvalue weighted by atomic mass is 79.9. The minimum absolute atomic E-state index is 0.0405. The third-order valence-electron chi connectivity index (χ3n) is 10.6. The van der Waals surface area contributed by atoms with Crippen LogP contribution in [0.2, 0.25) is 0 Å². The van der Waals surface area contributed by atoms with E-state index in [0.717, 1.165) is 50.4 Å². The molecular formula is C41H48Br2N6O2. The van der Waals surface area contributed by atoms with Crippen molar-refractivity contribution in [2.24, 2.45) is 0 Å². The van der Waals surface area contributed by atoms with E-state index in [4.69, 9.17) is 9.47 Å². The maximum Gasteiger partial charge on any atom is 0.134 e. The van der Waals surface area contributed by atoms with E-state index in [-0.39, 0.29) is 27.2 Å². The van der Waals surface area contributed by atoms with Crippen LogP contribution in [-0.4, -0.2) is 30.0 Å². The topological polar surface area (TPSA) is 79.9 Å². The van der Waals surface area contributed by atoms with Crippen molar-refractivity contribution in [1.29, 1.82) is 0 Å². The molecule has 0 fully saturated rings. The van der Waals surface area contributed by atoms with Crippen molar-refractivity contribution in [3.05, 3.63) is 109 Å². The van der Waals surface area contributed by atoms with Gasteiger partial charge >= 0.3 is 0 Å². The van der Waals surface area contributed by atoms with Gasteiger partial charge in [0.1, 0.15) is 36.1 Å². The number of hydrogen-bond donors (Lipinski definition) is 0. The summed E-state index contributed by atoms with van der Waals surface area (Å²) in [6.45, 7) is 23.1. The molecule has 2 heterocycles. The number of benzene rings is 3. The van der Waals surface area contributed by atoms with Gasteiger partial charge in [-0.3, -0.25) is 0 Å². The Labute approximate surface area is 318 Å². The van der Waals surface area contributed by atoms with Gasteiger partial charge in [-0.15, -0.1) is 10.2 Å². The van der Waals surface area contributed by atoms with Crippen LogP contribution in [0, 0.1) is 0 Å². The van der Waals surface area contributed by atoms with E-state index in [1.807, 2.05) is 21.8 Å². The lowest BCUT2D eigenvalue weighted by Gasteiger charge is -2.31. The maximum atomic E-state index is 6.52. The first-order valence-corrected chi connectivity index (χ1v) is 19.2. The van der Waals surface area contributed by atoms with Crippen LogP contribution in [-0.2, 0) is 40.4 Å². The lowest BCUT2D eigenvalue weighted by Crippen LogP contribution is -2.27. The Morgan fingerprint density at radius 1 is 0.667 bits per heavy atom. The van der Waals surface area contributed by atoms with Gasteiger partial charge in [0.15, 0.2) is 0 Å². The summed E-state index contributed by atoms with van der Waals surface area (Å²) >= 11 is 7.71. The second-order valence-corrected chi connectivity index (χ2v) is 19.4. The minimum atomic E-state index is -0.201. The smallest absolute Gasteiger partial charge is 0.134 e. The molecule has 10 heteroatoms. The number of rotatable bonds is 7. The molecule has 2 aromatic heterocycles. The van der Waals surface area contributed by atoms with Crippen LogP contribution >= 0.6 is 31.9 Å². The predicted octanol–water partition coefficient (Wildman–Crippen LogP) is 10.2. The van der Waals surface area contributed by atoms with Crippen LogP contribution in [0.5, 0.6) is 11.5 Å². The molecule has 0 radical (unpaired) electrons. The Kier molecular flexibility index (Phi) is 8.65. The lowest BCUT2D eigenvalue weighted by atomic mass is 9.72. The van der Waals surface area contributed by atoms with E-state index in [1.165, 1.54) is 27.8 Å². The first kappa shape index (κ1) is 35.9. The van der Waals surface area contributed by atoms with Crippen LogP contribution in [0.3, 0.4) is 0 Å². The Balaban J connectivity index is 1.18. The minimum Gasteiger partial charge on any atom is -0.486 e. The molecule has 8 nitrogen and oxygen atoms in total. The van der Waals surface area contributed by atoms with Crippen molar-refractivity contribution < 1.29 is 9.47 Å². The Morgan fingerprint density at radius 2 is 1.16 bits per heavy atom. The maximum absolute atomic E-state index is 6.52. The number of hydrogen-bond acceptors (Lipinski definition) is 6. The quantitative estimate of drug-likeness (QED) is 0.163. The molecule has 0 N–H and O–H groups in total. The molecule has 1 unspecified atom stereocenters. The third kappa shape index (κ3) is 6.56. The van der Waals surface area contributed by atoms with Crippen LogP contribution in [0.4, 0.5) is 0 Å². The van der Waals surface area contributed by atoms with Crippen LogP contribution in [0.15, 0.2) is 69.9 Å². The van der Waals surface area contributed by atoms with E-state index in [1.54, 1.807) is 0 Å². The highest BCUT2D eigenvalue weighted by Gasteiger charge is 2.56. The SMILES string of the molecule is CC(C)(C)c1ccc(-n2cc(COc3cc4c(cc3Br)C(C)(C)CC43CC(C)(C)c4cc(Br)c(OCc5cn(C(C)(C)C)nn5)cc43)nn2)cc1. The average molecular weight is 817 g/mol. The zero-order chi connectivity index (χ0) is 36.7. The molecule has 0 amide bonds. The van der Waals surface area contributed by atoms with E-state index in [0.29, 0.717) is 13.2 Å². The molecule has 2 aliphatic carbocycles. The molecule has 268 valence electrons. The fourth-order valence-corrected chi connectivity index (χ4v) is 9.04. The standard InChI is InChI=1S/C41H48Br2N6O2/c1-37(2,3)25-11-13-28(14-12-25)48-19-26(44-46-48)21-50-35-17-31-29(15-33(35)42)39(7,8)23-41(31)24-40(9,10)30-16-34(43)36(18-32(30)41)51-22-27-20-49(47-45-27)38(4,5)6/h11-20H,21-24H2,1-10H3. The summed E-state index contributed by atoms with van der Waals surface area (Å²) in [5.41, 5.74) is 8.81. The summed E-state index contributed by atoms with van der Waals surface area (Å²) < 4.78 is 18.6. The van der Waals surface area contributed by atoms with Crippen LogP contribution < -0.4 is 9.47 Å². The predicted molar refractivity (Wildman–Crippen MR) is 208 cm³/mol. The number of aromatic nitrogens is 6. The highest BCUT2D eigenvalue weighted by molar-refractivity contribution is 9.11. The zero-order valence-corrected chi connectivity index (χ0v) is 34.5. The number of ether oxygens (including phenoxy) is 2. The monoisotopic (exact) mass is 814 g/mol. The highest BCUT2D eigenvalue weighted by Crippen LogP contribution is 2.64. The summed E-state index contributed by atoms with van der Waals surface area (Å²) in [5.74, 6) is 1.61. The lowest BCUT2D eigenvalue weighted by molar-refractivity contribution is 0.297. The first-order chi connectivity index (χ1) is 23.8. The van der Waals surface area contributed by atoms with E-state index in [2.05, 4.69) is 170 Å².